The molecule has 118 valence electrons. The third-order valence-electron chi connectivity index (χ3n) is 3.39. The van der Waals surface area contributed by atoms with Gasteiger partial charge in [-0.05, 0) is 30.1 Å². The summed E-state index contributed by atoms with van der Waals surface area (Å²) >= 11 is 1.64. The van der Waals surface area contributed by atoms with Crippen molar-refractivity contribution in [2.45, 2.75) is 39.0 Å². The van der Waals surface area contributed by atoms with Crippen molar-refractivity contribution in [1.29, 1.82) is 0 Å². The van der Waals surface area contributed by atoms with Gasteiger partial charge in [-0.25, -0.2) is 0 Å². The number of aliphatic hydroxyl groups is 1. The highest BCUT2D eigenvalue weighted by Gasteiger charge is 2.24. The number of carbonyl (C=O) groups is 1. The van der Waals surface area contributed by atoms with E-state index in [0.29, 0.717) is 0 Å². The van der Waals surface area contributed by atoms with E-state index in [9.17, 15) is 4.79 Å². The number of amides is 1. The fourth-order valence-electron chi connectivity index (χ4n) is 2.01. The SMILES string of the molecule is CC(CO)CSC(C(=O)NC(C)c1ccccc1)C(C)C. The van der Waals surface area contributed by atoms with Gasteiger partial charge in [0.05, 0.1) is 11.3 Å². The van der Waals surface area contributed by atoms with Crippen molar-refractivity contribution >= 4 is 17.7 Å². The topological polar surface area (TPSA) is 49.3 Å². The summed E-state index contributed by atoms with van der Waals surface area (Å²) in [6, 6.07) is 10.00. The minimum atomic E-state index is -0.0786. The number of aliphatic hydroxyl groups excluding tert-OH is 1. The Balaban J connectivity index is 2.60. The summed E-state index contributed by atoms with van der Waals surface area (Å²) in [7, 11) is 0. The van der Waals surface area contributed by atoms with Gasteiger partial charge < -0.3 is 10.4 Å². The molecule has 0 aliphatic carbocycles. The Kier molecular flexibility index (Phi) is 7.83. The highest BCUT2D eigenvalue weighted by Crippen LogP contribution is 2.23. The Morgan fingerprint density at radius 2 is 1.81 bits per heavy atom. The van der Waals surface area contributed by atoms with Crippen molar-refractivity contribution in [2.24, 2.45) is 11.8 Å². The molecule has 1 amide bonds. The van der Waals surface area contributed by atoms with Gasteiger partial charge in [-0.1, -0.05) is 51.1 Å². The number of carbonyl (C=O) groups excluding carboxylic acids is 1. The monoisotopic (exact) mass is 309 g/mol. The van der Waals surface area contributed by atoms with Gasteiger partial charge in [0.25, 0.3) is 0 Å². The first-order chi connectivity index (χ1) is 9.95. The fraction of sp³-hybridized carbons (Fsp3) is 0.588. The second-order valence-corrected chi connectivity index (χ2v) is 7.10. The molecule has 0 saturated carbocycles. The van der Waals surface area contributed by atoms with E-state index in [2.05, 4.69) is 19.2 Å². The molecule has 3 unspecified atom stereocenters. The average Bonchev–Trinajstić information content (AvgIpc) is 2.47. The molecular weight excluding hydrogens is 282 g/mol. The van der Waals surface area contributed by atoms with E-state index in [1.165, 1.54) is 0 Å². The van der Waals surface area contributed by atoms with Crippen molar-refractivity contribution in [3.05, 3.63) is 35.9 Å². The third-order valence-corrected chi connectivity index (χ3v) is 5.27. The molecule has 4 heteroatoms. The first-order valence-corrected chi connectivity index (χ1v) is 8.58. The molecule has 0 aromatic heterocycles. The van der Waals surface area contributed by atoms with Crippen LogP contribution in [0.4, 0.5) is 0 Å². The molecule has 0 radical (unpaired) electrons. The summed E-state index contributed by atoms with van der Waals surface area (Å²) in [5, 5.41) is 12.1. The summed E-state index contributed by atoms with van der Waals surface area (Å²) < 4.78 is 0. The largest absolute Gasteiger partial charge is 0.396 e. The van der Waals surface area contributed by atoms with E-state index >= 15 is 0 Å². The highest BCUT2D eigenvalue weighted by molar-refractivity contribution is 8.00. The van der Waals surface area contributed by atoms with Gasteiger partial charge in [-0.3, -0.25) is 4.79 Å². The van der Waals surface area contributed by atoms with Gasteiger partial charge in [0.15, 0.2) is 0 Å². The lowest BCUT2D eigenvalue weighted by molar-refractivity contribution is -0.121. The normalized spacial score (nSPS) is 15.5. The Labute approximate surface area is 132 Å². The molecule has 0 saturated heterocycles. The highest BCUT2D eigenvalue weighted by atomic mass is 32.2. The van der Waals surface area contributed by atoms with Crippen molar-refractivity contribution in [3.63, 3.8) is 0 Å². The Morgan fingerprint density at radius 3 is 2.33 bits per heavy atom. The standard InChI is InChI=1S/C17H27NO2S/c1-12(2)16(21-11-13(3)10-19)17(20)18-14(4)15-8-6-5-7-9-15/h5-9,12-14,16,19H,10-11H2,1-4H3,(H,18,20). The average molecular weight is 309 g/mol. The van der Waals surface area contributed by atoms with Gasteiger partial charge >= 0.3 is 0 Å². The van der Waals surface area contributed by atoms with Crippen LogP contribution in [0.25, 0.3) is 0 Å². The van der Waals surface area contributed by atoms with E-state index in [4.69, 9.17) is 5.11 Å². The van der Waals surface area contributed by atoms with Gasteiger partial charge in [0.2, 0.25) is 5.91 Å². The number of benzene rings is 1. The maximum Gasteiger partial charge on any atom is 0.233 e. The maximum absolute atomic E-state index is 12.5. The smallest absolute Gasteiger partial charge is 0.233 e. The Morgan fingerprint density at radius 1 is 1.19 bits per heavy atom. The molecule has 3 nitrogen and oxygen atoms in total. The zero-order valence-corrected chi connectivity index (χ0v) is 14.2. The van der Waals surface area contributed by atoms with Crippen LogP contribution in [0.2, 0.25) is 0 Å². The summed E-state index contributed by atoms with van der Waals surface area (Å²) in [6.45, 7) is 8.29. The van der Waals surface area contributed by atoms with Crippen LogP contribution >= 0.6 is 11.8 Å². The van der Waals surface area contributed by atoms with Crippen molar-refractivity contribution < 1.29 is 9.90 Å². The number of thioether (sulfide) groups is 1. The van der Waals surface area contributed by atoms with E-state index in [1.807, 2.05) is 44.2 Å². The molecule has 1 rings (SSSR count). The predicted molar refractivity (Wildman–Crippen MR) is 90.3 cm³/mol. The van der Waals surface area contributed by atoms with Gasteiger partial charge in [0.1, 0.15) is 0 Å². The van der Waals surface area contributed by atoms with Crippen LogP contribution in [-0.4, -0.2) is 28.6 Å². The second-order valence-electron chi connectivity index (χ2n) is 5.93. The van der Waals surface area contributed by atoms with Crippen molar-refractivity contribution in [1.82, 2.24) is 5.32 Å². The molecule has 1 aromatic rings. The Hall–Kier alpha value is -1.00. The summed E-state index contributed by atoms with van der Waals surface area (Å²) in [5.74, 6) is 1.36. The van der Waals surface area contributed by atoms with Crippen LogP contribution in [0.1, 0.15) is 39.3 Å². The molecule has 21 heavy (non-hydrogen) atoms. The van der Waals surface area contributed by atoms with E-state index in [1.54, 1.807) is 11.8 Å². The van der Waals surface area contributed by atoms with Gasteiger partial charge in [-0.15, -0.1) is 11.8 Å². The molecular formula is C17H27NO2S. The molecule has 0 aliphatic rings. The van der Waals surface area contributed by atoms with Crippen LogP contribution in [0.15, 0.2) is 30.3 Å². The number of hydrogen-bond acceptors (Lipinski definition) is 3. The summed E-state index contributed by atoms with van der Waals surface area (Å²) in [6.07, 6.45) is 0. The van der Waals surface area contributed by atoms with Crippen LogP contribution in [-0.2, 0) is 4.79 Å². The molecule has 0 fully saturated rings. The second kappa shape index (κ2) is 9.11. The molecule has 1 aromatic carbocycles. The Bertz CT molecular complexity index is 422. The molecule has 0 spiro atoms. The quantitative estimate of drug-likeness (QED) is 0.775. The third kappa shape index (κ3) is 6.10. The van der Waals surface area contributed by atoms with Gasteiger partial charge in [0, 0.05) is 6.61 Å². The number of rotatable bonds is 8. The zero-order valence-electron chi connectivity index (χ0n) is 13.4. The first-order valence-electron chi connectivity index (χ1n) is 7.53. The summed E-state index contributed by atoms with van der Waals surface area (Å²) in [4.78, 5) is 12.5. The van der Waals surface area contributed by atoms with E-state index in [0.717, 1.165) is 11.3 Å². The van der Waals surface area contributed by atoms with Crippen LogP contribution in [0, 0.1) is 11.8 Å². The molecule has 3 atom stereocenters. The molecule has 0 heterocycles. The minimum absolute atomic E-state index is 0.0100. The molecule has 0 bridgehead atoms. The minimum Gasteiger partial charge on any atom is -0.396 e. The summed E-state index contributed by atoms with van der Waals surface area (Å²) in [5.41, 5.74) is 1.11. The molecule has 0 aliphatic heterocycles. The van der Waals surface area contributed by atoms with Crippen LogP contribution in [0.3, 0.4) is 0 Å². The van der Waals surface area contributed by atoms with Crippen LogP contribution in [0.5, 0.6) is 0 Å². The fourth-order valence-corrected chi connectivity index (χ4v) is 3.26. The lowest BCUT2D eigenvalue weighted by Crippen LogP contribution is -2.37. The molecule has 2 N–H and O–H groups in total. The van der Waals surface area contributed by atoms with Crippen LogP contribution < -0.4 is 5.32 Å². The van der Waals surface area contributed by atoms with E-state index in [-0.39, 0.29) is 35.6 Å². The number of nitrogens with one attached hydrogen (secondary N) is 1. The van der Waals surface area contributed by atoms with E-state index < -0.39 is 0 Å². The predicted octanol–water partition coefficient (Wildman–Crippen LogP) is 3.25. The maximum atomic E-state index is 12.5. The lowest BCUT2D eigenvalue weighted by Gasteiger charge is -2.23. The van der Waals surface area contributed by atoms with Crippen molar-refractivity contribution in [2.75, 3.05) is 12.4 Å². The lowest BCUT2D eigenvalue weighted by atomic mass is 10.1. The first kappa shape index (κ1) is 18.1. The van der Waals surface area contributed by atoms with Crippen molar-refractivity contribution in [3.8, 4) is 0 Å². The van der Waals surface area contributed by atoms with Gasteiger partial charge in [-0.2, -0.15) is 0 Å². The number of hydrogen-bond donors (Lipinski definition) is 2. The zero-order chi connectivity index (χ0) is 15.8.